The number of rotatable bonds is 4. The smallest absolute Gasteiger partial charge is 0.332 e. The van der Waals surface area contributed by atoms with Crippen molar-refractivity contribution in [1.82, 2.24) is 5.32 Å². The molecule has 3 N–H and O–H groups in total. The van der Waals surface area contributed by atoms with E-state index in [1.165, 1.54) is 33.5 Å². The van der Waals surface area contributed by atoms with Crippen molar-refractivity contribution in [3.8, 4) is 0 Å². The van der Waals surface area contributed by atoms with E-state index in [9.17, 15) is 4.79 Å². The third kappa shape index (κ3) is 6.57. The fourth-order valence-electron chi connectivity index (χ4n) is 2.74. The molecule has 0 aliphatic carbocycles. The Kier molecular flexibility index (Phi) is 8.16. The Balaban J connectivity index is 0.000000380. The first kappa shape index (κ1) is 21.3. The number of nitrogens with one attached hydrogen (secondary N) is 1. The monoisotopic (exact) mass is 388 g/mol. The summed E-state index contributed by atoms with van der Waals surface area (Å²) < 4.78 is 0. The topological polar surface area (TPSA) is 72.8 Å². The summed E-state index contributed by atoms with van der Waals surface area (Å²) in [5.74, 6) is -1.19. The Morgan fingerprint density at radius 1 is 1.11 bits per heavy atom. The summed E-state index contributed by atoms with van der Waals surface area (Å²) in [6, 6.07) is 15.5. The Bertz CT molecular complexity index is 759. The van der Waals surface area contributed by atoms with Crippen molar-refractivity contribution in [3.05, 3.63) is 53.6 Å². The number of hydrogen-bond acceptors (Lipinski definition) is 5. The minimum atomic E-state index is -1.23. The minimum Gasteiger partial charge on any atom is -0.479 e. The van der Waals surface area contributed by atoms with Crippen molar-refractivity contribution in [2.45, 2.75) is 36.7 Å². The number of carbonyl (C=O) groups is 1. The maximum atomic E-state index is 9.45. The first-order valence-corrected chi connectivity index (χ1v) is 9.91. The van der Waals surface area contributed by atoms with Crippen LogP contribution in [0.2, 0.25) is 0 Å². The van der Waals surface area contributed by atoms with E-state index in [2.05, 4.69) is 66.5 Å². The summed E-state index contributed by atoms with van der Waals surface area (Å²) in [7, 11) is 0. The molecule has 27 heavy (non-hydrogen) atoms. The lowest BCUT2D eigenvalue weighted by Crippen LogP contribution is -2.43. The highest BCUT2D eigenvalue weighted by Crippen LogP contribution is 2.37. The van der Waals surface area contributed by atoms with E-state index < -0.39 is 12.1 Å². The fraction of sp³-hybridized carbons (Fsp3) is 0.381. The van der Waals surface area contributed by atoms with Crippen LogP contribution in [0.15, 0.2) is 52.3 Å². The number of aryl methyl sites for hydroxylation is 2. The molecule has 0 radical (unpaired) electrons. The molecule has 1 aliphatic heterocycles. The molecular weight excluding hydrogens is 360 g/mol. The number of benzene rings is 2. The van der Waals surface area contributed by atoms with Gasteiger partial charge in [-0.2, -0.15) is 0 Å². The van der Waals surface area contributed by atoms with Crippen LogP contribution >= 0.6 is 11.8 Å². The second-order valence-corrected chi connectivity index (χ2v) is 7.67. The summed E-state index contributed by atoms with van der Waals surface area (Å²) in [6.07, 6.45) is -1.23. The Morgan fingerprint density at radius 3 is 2.33 bits per heavy atom. The highest BCUT2D eigenvalue weighted by molar-refractivity contribution is 7.99. The Hall–Kier alpha value is -2.02. The second-order valence-electron chi connectivity index (χ2n) is 6.59. The van der Waals surface area contributed by atoms with Gasteiger partial charge in [-0.15, -0.1) is 0 Å². The van der Waals surface area contributed by atoms with Crippen molar-refractivity contribution >= 4 is 23.4 Å². The lowest BCUT2D eigenvalue weighted by molar-refractivity contribution is -0.145. The van der Waals surface area contributed by atoms with Gasteiger partial charge in [0.05, 0.1) is 5.69 Å². The lowest BCUT2D eigenvalue weighted by Gasteiger charge is -2.31. The van der Waals surface area contributed by atoms with Gasteiger partial charge in [-0.3, -0.25) is 0 Å². The molecule has 6 heteroatoms. The number of aliphatic hydroxyl groups is 1. The number of anilines is 1. The van der Waals surface area contributed by atoms with Crippen molar-refractivity contribution in [2.24, 2.45) is 0 Å². The third-order valence-electron chi connectivity index (χ3n) is 4.23. The molecule has 0 amide bonds. The van der Waals surface area contributed by atoms with Crippen LogP contribution in [0.3, 0.4) is 0 Å². The van der Waals surface area contributed by atoms with Crippen LogP contribution in [0.5, 0.6) is 0 Å². The van der Waals surface area contributed by atoms with Crippen LogP contribution in [0.4, 0.5) is 5.69 Å². The quantitative estimate of drug-likeness (QED) is 0.746. The first-order chi connectivity index (χ1) is 12.9. The summed E-state index contributed by atoms with van der Waals surface area (Å²) in [6.45, 7) is 9.86. The average molecular weight is 389 g/mol. The zero-order valence-electron chi connectivity index (χ0n) is 16.1. The molecule has 2 aromatic carbocycles. The van der Waals surface area contributed by atoms with Gasteiger partial charge in [0.2, 0.25) is 0 Å². The number of aliphatic carboxylic acids is 1. The van der Waals surface area contributed by atoms with Crippen molar-refractivity contribution in [2.75, 3.05) is 31.1 Å². The van der Waals surface area contributed by atoms with Gasteiger partial charge in [-0.05, 0) is 44.5 Å². The summed E-state index contributed by atoms with van der Waals surface area (Å²) in [5, 5.41) is 19.2. The fourth-order valence-corrected chi connectivity index (χ4v) is 3.78. The second kappa shape index (κ2) is 10.3. The number of carboxylic acids is 1. The summed E-state index contributed by atoms with van der Waals surface area (Å²) in [4.78, 5) is 14.6. The maximum Gasteiger partial charge on any atom is 0.332 e. The van der Waals surface area contributed by atoms with Gasteiger partial charge in [0.1, 0.15) is 6.10 Å². The van der Waals surface area contributed by atoms with Crippen molar-refractivity contribution < 1.29 is 15.0 Å². The predicted molar refractivity (Wildman–Crippen MR) is 111 cm³/mol. The molecule has 0 aromatic heterocycles. The van der Waals surface area contributed by atoms with E-state index in [1.54, 1.807) is 0 Å². The molecule has 1 atom stereocenters. The summed E-state index contributed by atoms with van der Waals surface area (Å²) >= 11 is 1.88. The molecular formula is C21H28N2O3S. The van der Waals surface area contributed by atoms with Gasteiger partial charge >= 0.3 is 5.97 Å². The average Bonchev–Trinajstić information content (AvgIpc) is 2.65. The zero-order valence-corrected chi connectivity index (χ0v) is 16.9. The molecule has 0 spiro atoms. The van der Waals surface area contributed by atoms with Crippen LogP contribution in [0.1, 0.15) is 18.1 Å². The van der Waals surface area contributed by atoms with Crippen LogP contribution in [0, 0.1) is 13.8 Å². The highest BCUT2D eigenvalue weighted by Gasteiger charge is 2.14. The molecule has 2 aromatic rings. The largest absolute Gasteiger partial charge is 0.479 e. The zero-order chi connectivity index (χ0) is 19.8. The standard InChI is InChI=1S/C18H22N2S.C3H6O3/c1-14-7-8-17(15(2)13-14)21-18-6-4-3-5-16(18)20-11-9-19-10-12-20;1-2(4)3(5)6/h3-8,13,19H,9-12H2,1-2H3;2,4H,1H3,(H,5,6)/t;2-/m.1/s1. The number of aliphatic hydroxyl groups excluding tert-OH is 1. The number of para-hydroxylation sites is 1. The Morgan fingerprint density at radius 2 is 1.74 bits per heavy atom. The number of nitrogens with zero attached hydrogens (tertiary/aromatic N) is 1. The van der Waals surface area contributed by atoms with Crippen LogP contribution in [-0.4, -0.2) is 48.5 Å². The van der Waals surface area contributed by atoms with Gasteiger partial charge in [0.25, 0.3) is 0 Å². The maximum absolute atomic E-state index is 9.45. The predicted octanol–water partition coefficient (Wildman–Crippen LogP) is 3.32. The van der Waals surface area contributed by atoms with Gasteiger partial charge in [0.15, 0.2) is 0 Å². The minimum absolute atomic E-state index is 1.07. The molecule has 1 saturated heterocycles. The molecule has 0 saturated carbocycles. The van der Waals surface area contributed by atoms with E-state index in [0.717, 1.165) is 26.2 Å². The molecule has 0 unspecified atom stereocenters. The van der Waals surface area contributed by atoms with E-state index >= 15 is 0 Å². The molecule has 5 nitrogen and oxygen atoms in total. The molecule has 1 heterocycles. The number of piperazine rings is 1. The van der Waals surface area contributed by atoms with Gasteiger partial charge < -0.3 is 20.4 Å². The molecule has 3 rings (SSSR count). The van der Waals surface area contributed by atoms with E-state index in [0.29, 0.717) is 0 Å². The van der Waals surface area contributed by atoms with Crippen molar-refractivity contribution in [3.63, 3.8) is 0 Å². The molecule has 1 fully saturated rings. The SMILES string of the molecule is C[C@@H](O)C(=O)O.Cc1ccc(Sc2ccccc2N2CCNCC2)c(C)c1. The summed E-state index contributed by atoms with van der Waals surface area (Å²) in [5.41, 5.74) is 4.05. The Labute approximate surface area is 165 Å². The third-order valence-corrected chi connectivity index (χ3v) is 5.47. The van der Waals surface area contributed by atoms with Crippen molar-refractivity contribution in [1.29, 1.82) is 0 Å². The highest BCUT2D eigenvalue weighted by atomic mass is 32.2. The first-order valence-electron chi connectivity index (χ1n) is 9.09. The normalized spacial score (nSPS) is 14.9. The molecule has 0 bridgehead atoms. The van der Waals surface area contributed by atoms with Crippen LogP contribution in [0.25, 0.3) is 0 Å². The molecule has 146 valence electrons. The molecule has 1 aliphatic rings. The number of hydrogen-bond donors (Lipinski definition) is 3. The van der Waals surface area contributed by atoms with Gasteiger partial charge in [-0.25, -0.2) is 4.79 Å². The van der Waals surface area contributed by atoms with E-state index in [-0.39, 0.29) is 0 Å². The lowest BCUT2D eigenvalue weighted by atomic mass is 10.2. The van der Waals surface area contributed by atoms with E-state index in [1.807, 2.05) is 11.8 Å². The van der Waals surface area contributed by atoms with Gasteiger partial charge in [0, 0.05) is 36.0 Å². The van der Waals surface area contributed by atoms with Crippen LogP contribution in [-0.2, 0) is 4.79 Å². The number of carboxylic acid groups (broad SMARTS) is 1. The van der Waals surface area contributed by atoms with Gasteiger partial charge in [-0.1, -0.05) is 41.6 Å². The van der Waals surface area contributed by atoms with Crippen LogP contribution < -0.4 is 10.2 Å². The van der Waals surface area contributed by atoms with E-state index in [4.69, 9.17) is 10.2 Å².